The number of halogens is 2. The summed E-state index contributed by atoms with van der Waals surface area (Å²) in [4.78, 5) is 6.33. The van der Waals surface area contributed by atoms with Gasteiger partial charge in [-0.1, -0.05) is 23.2 Å². The van der Waals surface area contributed by atoms with Gasteiger partial charge in [0.1, 0.15) is 0 Å². The number of hydrogen-bond acceptors (Lipinski definition) is 2. The van der Waals surface area contributed by atoms with E-state index < -0.39 is 0 Å². The van der Waals surface area contributed by atoms with E-state index in [-0.39, 0.29) is 0 Å². The minimum atomic E-state index is 0.382. The second kappa shape index (κ2) is 7.46. The number of aliphatic imine (C=N–C) groups is 1. The summed E-state index contributed by atoms with van der Waals surface area (Å²) >= 11 is 11.7. The van der Waals surface area contributed by atoms with Crippen LogP contribution >= 0.6 is 23.2 Å². The van der Waals surface area contributed by atoms with E-state index in [1.165, 1.54) is 0 Å². The van der Waals surface area contributed by atoms with E-state index in [2.05, 4.69) is 15.2 Å². The third-order valence-corrected chi connectivity index (χ3v) is 2.98. The molecule has 100 valence electrons. The zero-order valence-electron chi connectivity index (χ0n) is 10.6. The molecule has 0 saturated carbocycles. The van der Waals surface area contributed by atoms with Crippen LogP contribution < -0.4 is 11.1 Å². The summed E-state index contributed by atoms with van der Waals surface area (Å²) in [5.74, 6) is 0.382. The maximum Gasteiger partial charge on any atom is 0.193 e. The molecule has 1 aromatic carbocycles. The summed E-state index contributed by atoms with van der Waals surface area (Å²) in [6, 6.07) is 5.23. The van der Waals surface area contributed by atoms with Crippen LogP contribution in [0.4, 0.5) is 5.69 Å². The molecule has 0 radical (unpaired) electrons. The number of rotatable bonds is 5. The monoisotopic (exact) mass is 288 g/mol. The van der Waals surface area contributed by atoms with Gasteiger partial charge in [0.15, 0.2) is 5.96 Å². The van der Waals surface area contributed by atoms with Crippen molar-refractivity contribution in [1.82, 2.24) is 4.90 Å². The third kappa shape index (κ3) is 5.58. The van der Waals surface area contributed by atoms with E-state index in [1.807, 2.05) is 14.1 Å². The molecule has 0 aliphatic heterocycles. The van der Waals surface area contributed by atoms with Gasteiger partial charge in [0.25, 0.3) is 0 Å². The van der Waals surface area contributed by atoms with Crippen molar-refractivity contribution in [3.63, 3.8) is 0 Å². The van der Waals surface area contributed by atoms with Crippen molar-refractivity contribution in [3.05, 3.63) is 28.2 Å². The van der Waals surface area contributed by atoms with Gasteiger partial charge < -0.3 is 16.0 Å². The number of hydrogen-bond donors (Lipinski definition) is 2. The summed E-state index contributed by atoms with van der Waals surface area (Å²) < 4.78 is 0. The molecule has 0 spiro atoms. The highest BCUT2D eigenvalue weighted by atomic mass is 35.5. The van der Waals surface area contributed by atoms with Crippen LogP contribution in [0, 0.1) is 0 Å². The SMILES string of the molecule is CN(C)CCCN=C(N)Nc1ccc(Cl)c(Cl)c1. The van der Waals surface area contributed by atoms with Gasteiger partial charge in [0.2, 0.25) is 0 Å². The van der Waals surface area contributed by atoms with Gasteiger partial charge >= 0.3 is 0 Å². The lowest BCUT2D eigenvalue weighted by Gasteiger charge is -2.08. The predicted molar refractivity (Wildman–Crippen MR) is 79.7 cm³/mol. The van der Waals surface area contributed by atoms with E-state index in [0.29, 0.717) is 22.5 Å². The lowest BCUT2D eigenvalue weighted by molar-refractivity contribution is 0.403. The molecule has 18 heavy (non-hydrogen) atoms. The fourth-order valence-electron chi connectivity index (χ4n) is 1.35. The van der Waals surface area contributed by atoms with Crippen molar-refractivity contribution in [2.75, 3.05) is 32.5 Å². The van der Waals surface area contributed by atoms with E-state index in [1.54, 1.807) is 18.2 Å². The highest BCUT2D eigenvalue weighted by molar-refractivity contribution is 6.42. The first kappa shape index (κ1) is 15.1. The standard InChI is InChI=1S/C12H18Cl2N4/c1-18(2)7-3-6-16-12(15)17-9-4-5-10(13)11(14)8-9/h4-5,8H,3,6-7H2,1-2H3,(H3,15,16,17). The van der Waals surface area contributed by atoms with Gasteiger partial charge in [0.05, 0.1) is 10.0 Å². The van der Waals surface area contributed by atoms with Crippen molar-refractivity contribution < 1.29 is 0 Å². The zero-order chi connectivity index (χ0) is 13.5. The van der Waals surface area contributed by atoms with E-state index in [4.69, 9.17) is 28.9 Å². The van der Waals surface area contributed by atoms with E-state index in [9.17, 15) is 0 Å². The molecule has 0 saturated heterocycles. The molecule has 0 aromatic heterocycles. The minimum absolute atomic E-state index is 0.382. The van der Waals surface area contributed by atoms with Gasteiger partial charge in [-0.25, -0.2) is 0 Å². The van der Waals surface area contributed by atoms with Crippen molar-refractivity contribution in [2.24, 2.45) is 10.7 Å². The first-order chi connectivity index (χ1) is 8.49. The highest BCUT2D eigenvalue weighted by Crippen LogP contribution is 2.24. The van der Waals surface area contributed by atoms with E-state index >= 15 is 0 Å². The number of nitrogens with zero attached hydrogens (tertiary/aromatic N) is 2. The molecule has 0 aliphatic rings. The second-order valence-corrected chi connectivity index (χ2v) is 4.99. The van der Waals surface area contributed by atoms with Crippen LogP contribution in [0.1, 0.15) is 6.42 Å². The normalized spacial score (nSPS) is 11.9. The topological polar surface area (TPSA) is 53.6 Å². The third-order valence-electron chi connectivity index (χ3n) is 2.24. The second-order valence-electron chi connectivity index (χ2n) is 4.18. The highest BCUT2D eigenvalue weighted by Gasteiger charge is 2.00. The Morgan fingerprint density at radius 3 is 2.67 bits per heavy atom. The Bertz CT molecular complexity index is 419. The maximum atomic E-state index is 5.90. The Hall–Kier alpha value is -0.970. The molecule has 3 N–H and O–H groups in total. The molecular weight excluding hydrogens is 271 g/mol. The number of nitrogens with two attached hydrogens (primary N) is 1. The lowest BCUT2D eigenvalue weighted by atomic mass is 10.3. The Labute approximate surface area is 118 Å². The van der Waals surface area contributed by atoms with Crippen LogP contribution in [-0.2, 0) is 0 Å². The molecule has 1 aromatic rings. The number of benzene rings is 1. The van der Waals surface area contributed by atoms with Gasteiger partial charge in [0, 0.05) is 12.2 Å². The fourth-order valence-corrected chi connectivity index (χ4v) is 1.65. The van der Waals surface area contributed by atoms with Gasteiger partial charge in [-0.05, 0) is 45.3 Å². The average molecular weight is 289 g/mol. The molecule has 0 fully saturated rings. The maximum absolute atomic E-state index is 5.90. The molecule has 4 nitrogen and oxygen atoms in total. The summed E-state index contributed by atoms with van der Waals surface area (Å²) in [5.41, 5.74) is 6.54. The summed E-state index contributed by atoms with van der Waals surface area (Å²) in [7, 11) is 4.06. The van der Waals surface area contributed by atoms with Crippen LogP contribution in [-0.4, -0.2) is 38.0 Å². The van der Waals surface area contributed by atoms with Crippen LogP contribution in [0.5, 0.6) is 0 Å². The Kier molecular flexibility index (Phi) is 6.25. The van der Waals surface area contributed by atoms with Crippen molar-refractivity contribution in [3.8, 4) is 0 Å². The number of anilines is 1. The first-order valence-corrected chi connectivity index (χ1v) is 6.41. The first-order valence-electron chi connectivity index (χ1n) is 5.66. The molecule has 0 heterocycles. The Morgan fingerprint density at radius 1 is 1.33 bits per heavy atom. The van der Waals surface area contributed by atoms with Crippen molar-refractivity contribution >= 4 is 34.8 Å². The Morgan fingerprint density at radius 2 is 2.06 bits per heavy atom. The molecule has 0 unspecified atom stereocenters. The molecular formula is C12H18Cl2N4. The van der Waals surface area contributed by atoms with E-state index in [0.717, 1.165) is 18.7 Å². The number of guanidine groups is 1. The predicted octanol–water partition coefficient (Wildman–Crippen LogP) is 2.67. The van der Waals surface area contributed by atoms with Crippen LogP contribution in [0.2, 0.25) is 10.0 Å². The average Bonchev–Trinajstić information content (AvgIpc) is 2.29. The molecule has 6 heteroatoms. The molecule has 0 atom stereocenters. The quantitative estimate of drug-likeness (QED) is 0.498. The van der Waals surface area contributed by atoms with Crippen LogP contribution in [0.15, 0.2) is 23.2 Å². The lowest BCUT2D eigenvalue weighted by Crippen LogP contribution is -2.23. The Balaban J connectivity index is 2.45. The van der Waals surface area contributed by atoms with Crippen LogP contribution in [0.3, 0.4) is 0 Å². The smallest absolute Gasteiger partial charge is 0.193 e. The van der Waals surface area contributed by atoms with Crippen molar-refractivity contribution in [1.29, 1.82) is 0 Å². The van der Waals surface area contributed by atoms with Crippen LogP contribution in [0.25, 0.3) is 0 Å². The zero-order valence-corrected chi connectivity index (χ0v) is 12.1. The van der Waals surface area contributed by atoms with Crippen molar-refractivity contribution in [2.45, 2.75) is 6.42 Å². The fraction of sp³-hybridized carbons (Fsp3) is 0.417. The largest absolute Gasteiger partial charge is 0.370 e. The minimum Gasteiger partial charge on any atom is -0.370 e. The summed E-state index contributed by atoms with van der Waals surface area (Å²) in [6.45, 7) is 1.68. The molecule has 0 amide bonds. The van der Waals surface area contributed by atoms with Gasteiger partial charge in [-0.2, -0.15) is 0 Å². The molecule has 0 aliphatic carbocycles. The number of nitrogens with one attached hydrogen (secondary N) is 1. The molecule has 0 bridgehead atoms. The summed E-state index contributed by atoms with van der Waals surface area (Å²) in [5, 5.41) is 3.97. The van der Waals surface area contributed by atoms with Gasteiger partial charge in [-0.15, -0.1) is 0 Å². The summed E-state index contributed by atoms with van der Waals surface area (Å²) in [6.07, 6.45) is 0.969. The molecule has 1 rings (SSSR count). The van der Waals surface area contributed by atoms with Gasteiger partial charge in [-0.3, -0.25) is 4.99 Å².